The van der Waals surface area contributed by atoms with Crippen molar-refractivity contribution in [2.45, 2.75) is 45.7 Å². The van der Waals surface area contributed by atoms with E-state index in [1.165, 1.54) is 11.7 Å². The van der Waals surface area contributed by atoms with Crippen LogP contribution >= 0.6 is 11.7 Å². The van der Waals surface area contributed by atoms with Gasteiger partial charge in [0.2, 0.25) is 0 Å². The molecule has 0 aliphatic rings. The zero-order chi connectivity index (χ0) is 15.2. The molecule has 0 unspecified atom stereocenters. The molecule has 0 aliphatic heterocycles. The molecule has 2 amide bonds. The van der Waals surface area contributed by atoms with Crippen molar-refractivity contribution in [1.29, 1.82) is 0 Å². The number of nitrogens with zero attached hydrogens (tertiary/aromatic N) is 3. The zero-order valence-corrected chi connectivity index (χ0v) is 13.6. The summed E-state index contributed by atoms with van der Waals surface area (Å²) in [5.74, 6) is 0. The summed E-state index contributed by atoms with van der Waals surface area (Å²) in [6.45, 7) is 4.81. The maximum atomic E-state index is 12.2. The summed E-state index contributed by atoms with van der Waals surface area (Å²) in [6.07, 6.45) is 3.06. The van der Waals surface area contributed by atoms with Crippen LogP contribution in [0.25, 0.3) is 11.0 Å². The van der Waals surface area contributed by atoms with Crippen LogP contribution in [0, 0.1) is 0 Å². The minimum absolute atomic E-state index is 0.0215. The summed E-state index contributed by atoms with van der Waals surface area (Å²) in [5.41, 5.74) is 2.87. The number of carbonyl (C=O) groups is 1. The summed E-state index contributed by atoms with van der Waals surface area (Å²) in [6, 6.07) is 6.18. The van der Waals surface area contributed by atoms with Gasteiger partial charge in [0.15, 0.2) is 0 Å². The number of carbonyl (C=O) groups excluding carboxylic acids is 1. The van der Waals surface area contributed by atoms with Crippen molar-refractivity contribution in [1.82, 2.24) is 19.0 Å². The first-order valence-electron chi connectivity index (χ1n) is 7.36. The molecule has 114 valence electrons. The van der Waals surface area contributed by atoms with Gasteiger partial charge >= 0.3 is 6.03 Å². The van der Waals surface area contributed by atoms with Crippen molar-refractivity contribution in [2.75, 3.05) is 7.05 Å². The number of urea groups is 1. The molecule has 0 saturated heterocycles. The van der Waals surface area contributed by atoms with Gasteiger partial charge in [0.05, 0.1) is 11.7 Å². The van der Waals surface area contributed by atoms with Crippen molar-refractivity contribution in [3.63, 3.8) is 0 Å². The second-order valence-corrected chi connectivity index (χ2v) is 5.82. The predicted molar refractivity (Wildman–Crippen MR) is 86.4 cm³/mol. The third-order valence-electron chi connectivity index (χ3n) is 3.54. The Morgan fingerprint density at radius 3 is 2.81 bits per heavy atom. The van der Waals surface area contributed by atoms with Gasteiger partial charge in [-0.3, -0.25) is 0 Å². The van der Waals surface area contributed by atoms with Crippen molar-refractivity contribution >= 4 is 28.8 Å². The first-order chi connectivity index (χ1) is 10.1. The molecule has 0 fully saturated rings. The molecule has 6 heteroatoms. The Hall–Kier alpha value is -1.69. The van der Waals surface area contributed by atoms with Crippen LogP contribution in [0.15, 0.2) is 18.2 Å². The monoisotopic (exact) mass is 306 g/mol. The Morgan fingerprint density at radius 2 is 2.10 bits per heavy atom. The summed E-state index contributed by atoms with van der Waals surface area (Å²) in [4.78, 5) is 13.9. The molecule has 0 aliphatic carbocycles. The lowest BCUT2D eigenvalue weighted by molar-refractivity contribution is 0.201. The Bertz CT molecular complexity index is 598. The molecule has 1 N–H and O–H groups in total. The average molecular weight is 306 g/mol. The summed E-state index contributed by atoms with van der Waals surface area (Å²) < 4.78 is 8.41. The number of hydrogen-bond donors (Lipinski definition) is 1. The number of rotatable bonds is 6. The Morgan fingerprint density at radius 1 is 1.33 bits per heavy atom. The van der Waals surface area contributed by atoms with E-state index in [-0.39, 0.29) is 12.1 Å². The highest BCUT2D eigenvalue weighted by Gasteiger charge is 2.14. The molecular formula is C15H22N4OS. The van der Waals surface area contributed by atoms with E-state index in [9.17, 15) is 4.79 Å². The van der Waals surface area contributed by atoms with Crippen LogP contribution < -0.4 is 5.32 Å². The van der Waals surface area contributed by atoms with Gasteiger partial charge in [0, 0.05) is 19.6 Å². The molecule has 0 saturated carbocycles. The van der Waals surface area contributed by atoms with Gasteiger partial charge in [-0.05, 0) is 30.5 Å². The van der Waals surface area contributed by atoms with Gasteiger partial charge in [-0.1, -0.05) is 26.3 Å². The molecule has 1 aromatic carbocycles. The highest BCUT2D eigenvalue weighted by atomic mass is 32.1. The van der Waals surface area contributed by atoms with E-state index in [1.54, 1.807) is 4.90 Å². The first kappa shape index (κ1) is 15.7. The first-order valence-corrected chi connectivity index (χ1v) is 8.09. The zero-order valence-electron chi connectivity index (χ0n) is 12.8. The largest absolute Gasteiger partial charge is 0.335 e. The SMILES string of the molecule is CCC[C@@H](CC)NC(=O)N(C)Cc1ccc2nsnc2c1. The van der Waals surface area contributed by atoms with Crippen LogP contribution in [0.5, 0.6) is 0 Å². The minimum atomic E-state index is -0.0215. The number of nitrogens with one attached hydrogen (secondary N) is 1. The molecule has 2 aromatic rings. The molecular weight excluding hydrogens is 284 g/mol. The van der Waals surface area contributed by atoms with Gasteiger partial charge in [-0.2, -0.15) is 8.75 Å². The fraction of sp³-hybridized carbons (Fsp3) is 0.533. The maximum Gasteiger partial charge on any atom is 0.317 e. The maximum absolute atomic E-state index is 12.2. The number of amides is 2. The van der Waals surface area contributed by atoms with E-state index in [0.29, 0.717) is 6.54 Å². The van der Waals surface area contributed by atoms with Gasteiger partial charge in [0.1, 0.15) is 11.0 Å². The average Bonchev–Trinajstić information content (AvgIpc) is 2.94. The number of fused-ring (bicyclic) bond motifs is 1. The van der Waals surface area contributed by atoms with Crippen LogP contribution in [-0.2, 0) is 6.54 Å². The fourth-order valence-corrected chi connectivity index (χ4v) is 2.80. The third kappa shape index (κ3) is 4.14. The summed E-state index contributed by atoms with van der Waals surface area (Å²) in [5, 5.41) is 3.08. The summed E-state index contributed by atoms with van der Waals surface area (Å²) >= 11 is 1.21. The molecule has 2 rings (SSSR count). The van der Waals surface area contributed by atoms with E-state index in [2.05, 4.69) is 27.9 Å². The van der Waals surface area contributed by atoms with Gasteiger partial charge in [0.25, 0.3) is 0 Å². The van der Waals surface area contributed by atoms with Gasteiger partial charge in [-0.15, -0.1) is 0 Å². The summed E-state index contributed by atoms with van der Waals surface area (Å²) in [7, 11) is 1.82. The number of aromatic nitrogens is 2. The molecule has 5 nitrogen and oxygen atoms in total. The fourth-order valence-electron chi connectivity index (χ4n) is 2.28. The Balaban J connectivity index is 1.96. The minimum Gasteiger partial charge on any atom is -0.335 e. The second kappa shape index (κ2) is 7.36. The topological polar surface area (TPSA) is 58.1 Å². The van der Waals surface area contributed by atoms with E-state index in [1.807, 2.05) is 25.2 Å². The number of hydrogen-bond acceptors (Lipinski definition) is 4. The Kier molecular flexibility index (Phi) is 5.50. The van der Waals surface area contributed by atoms with Gasteiger partial charge < -0.3 is 10.2 Å². The van der Waals surface area contributed by atoms with E-state index in [0.717, 1.165) is 35.9 Å². The van der Waals surface area contributed by atoms with Crippen molar-refractivity contribution in [3.05, 3.63) is 23.8 Å². The molecule has 0 radical (unpaired) electrons. The van der Waals surface area contributed by atoms with Crippen LogP contribution in [0.3, 0.4) is 0 Å². The second-order valence-electron chi connectivity index (χ2n) is 5.29. The predicted octanol–water partition coefficient (Wildman–Crippen LogP) is 3.41. The van der Waals surface area contributed by atoms with E-state index >= 15 is 0 Å². The molecule has 1 heterocycles. The van der Waals surface area contributed by atoms with Crippen LogP contribution in [-0.4, -0.2) is 32.8 Å². The lowest BCUT2D eigenvalue weighted by atomic mass is 10.1. The van der Waals surface area contributed by atoms with Crippen LogP contribution in [0.1, 0.15) is 38.7 Å². The molecule has 1 atom stereocenters. The van der Waals surface area contributed by atoms with E-state index in [4.69, 9.17) is 0 Å². The lowest BCUT2D eigenvalue weighted by Gasteiger charge is -2.22. The third-order valence-corrected chi connectivity index (χ3v) is 4.10. The normalized spacial score (nSPS) is 12.3. The standard InChI is InChI=1S/C15H22N4OS/c1-4-6-12(5-2)16-15(20)19(3)10-11-7-8-13-14(9-11)18-21-17-13/h7-9,12H,4-6,10H2,1-3H3,(H,16,20)/t12-/m1/s1. The van der Waals surface area contributed by atoms with Gasteiger partial charge in [-0.25, -0.2) is 4.79 Å². The molecule has 0 bridgehead atoms. The molecule has 0 spiro atoms. The van der Waals surface area contributed by atoms with Crippen LogP contribution in [0.4, 0.5) is 4.79 Å². The highest BCUT2D eigenvalue weighted by molar-refractivity contribution is 7.00. The molecule has 1 aromatic heterocycles. The highest BCUT2D eigenvalue weighted by Crippen LogP contribution is 2.14. The van der Waals surface area contributed by atoms with E-state index < -0.39 is 0 Å². The number of benzene rings is 1. The van der Waals surface area contributed by atoms with Crippen LogP contribution in [0.2, 0.25) is 0 Å². The lowest BCUT2D eigenvalue weighted by Crippen LogP contribution is -2.42. The van der Waals surface area contributed by atoms with Crippen molar-refractivity contribution in [3.8, 4) is 0 Å². The van der Waals surface area contributed by atoms with Crippen molar-refractivity contribution < 1.29 is 4.79 Å². The van der Waals surface area contributed by atoms with Crippen molar-refractivity contribution in [2.24, 2.45) is 0 Å². The quantitative estimate of drug-likeness (QED) is 0.889. The Labute approximate surface area is 129 Å². The molecule has 21 heavy (non-hydrogen) atoms. The smallest absolute Gasteiger partial charge is 0.317 e.